The van der Waals surface area contributed by atoms with E-state index < -0.39 is 24.1 Å². The number of ether oxygens (including phenoxy) is 6. The average Bonchev–Trinajstić information content (AvgIpc) is 3.15. The Labute approximate surface area is 317 Å². The van der Waals surface area contributed by atoms with E-state index >= 15 is 0 Å². The third kappa shape index (κ3) is 27.4. The zero-order valence-electron chi connectivity index (χ0n) is 34.2. The summed E-state index contributed by atoms with van der Waals surface area (Å²) in [6.45, 7) is 4.40. The molecule has 0 aromatic carbocycles. The van der Waals surface area contributed by atoms with Crippen molar-refractivity contribution in [3.63, 3.8) is 0 Å². The Kier molecular flexibility index (Phi) is 34.3. The van der Waals surface area contributed by atoms with Crippen LogP contribution in [0.1, 0.15) is 194 Å². The number of unbranched alkanes of at least 4 members (excludes halogenated alkanes) is 18. The third-order valence-corrected chi connectivity index (χ3v) is 10.00. The summed E-state index contributed by atoms with van der Waals surface area (Å²) in [4.78, 5) is 49.5. The van der Waals surface area contributed by atoms with Crippen molar-refractivity contribution in [2.75, 3.05) is 28.4 Å². The molecule has 0 aromatic rings. The minimum absolute atomic E-state index is 0.178. The molecule has 0 N–H and O–H groups in total. The Morgan fingerprint density at radius 2 is 0.635 bits per heavy atom. The van der Waals surface area contributed by atoms with Gasteiger partial charge in [0.1, 0.15) is 12.2 Å². The lowest BCUT2D eigenvalue weighted by molar-refractivity contribution is -0.182. The lowest BCUT2D eigenvalue weighted by Gasteiger charge is -2.28. The molecule has 10 heteroatoms. The molecule has 0 aromatic heterocycles. The smallest absolute Gasteiger partial charge is 0.417 e. The second-order valence-corrected chi connectivity index (χ2v) is 14.3. The van der Waals surface area contributed by atoms with Gasteiger partial charge in [-0.05, 0) is 51.4 Å². The second kappa shape index (κ2) is 35.8. The fourth-order valence-corrected chi connectivity index (χ4v) is 6.67. The van der Waals surface area contributed by atoms with Gasteiger partial charge in [0.15, 0.2) is 0 Å². The number of hydrogen-bond acceptors (Lipinski definition) is 10. The van der Waals surface area contributed by atoms with E-state index in [4.69, 9.17) is 28.4 Å². The summed E-state index contributed by atoms with van der Waals surface area (Å²) in [6, 6.07) is 0. The van der Waals surface area contributed by atoms with Crippen molar-refractivity contribution < 1.29 is 47.6 Å². The summed E-state index contributed by atoms with van der Waals surface area (Å²) in [5.41, 5.74) is 0. The maximum atomic E-state index is 13.3. The van der Waals surface area contributed by atoms with Crippen molar-refractivity contribution in [3.8, 4) is 0 Å². The van der Waals surface area contributed by atoms with E-state index in [0.29, 0.717) is 32.1 Å². The van der Waals surface area contributed by atoms with Crippen LogP contribution in [0.3, 0.4) is 0 Å². The van der Waals surface area contributed by atoms with Gasteiger partial charge in [0.05, 0.1) is 26.4 Å². The van der Waals surface area contributed by atoms with Gasteiger partial charge in [0.2, 0.25) is 0 Å². The van der Waals surface area contributed by atoms with Crippen molar-refractivity contribution in [2.24, 2.45) is 0 Å². The van der Waals surface area contributed by atoms with E-state index in [-0.39, 0.29) is 24.1 Å². The topological polar surface area (TPSA) is 124 Å². The van der Waals surface area contributed by atoms with E-state index in [1.165, 1.54) is 59.2 Å². The molecule has 0 radical (unpaired) electrons. The lowest BCUT2D eigenvalue weighted by Crippen LogP contribution is -2.39. The first-order valence-corrected chi connectivity index (χ1v) is 20.9. The molecule has 0 amide bonds. The van der Waals surface area contributed by atoms with Crippen LogP contribution in [0.4, 0.5) is 0 Å². The van der Waals surface area contributed by atoms with Crippen molar-refractivity contribution in [2.45, 2.75) is 218 Å². The van der Waals surface area contributed by atoms with Crippen LogP contribution < -0.4 is 0 Å². The highest BCUT2D eigenvalue weighted by atomic mass is 16.6. The zero-order valence-corrected chi connectivity index (χ0v) is 34.2. The SMILES string of the molecule is CCCCCCCCC(OC)C(CCCCCCCC(=O)OC)OC(=O)C(=O)OC(CCCCCCCC)C(CCCCCCCC(=O)OC)OC. The molecule has 306 valence electrons. The first-order valence-electron chi connectivity index (χ1n) is 20.9. The number of carbonyl (C=O) groups excluding carboxylic acids is 4. The summed E-state index contributed by atoms with van der Waals surface area (Å²) < 4.78 is 33.0. The van der Waals surface area contributed by atoms with E-state index in [2.05, 4.69) is 13.8 Å². The van der Waals surface area contributed by atoms with Gasteiger partial charge in [0.25, 0.3) is 0 Å². The van der Waals surface area contributed by atoms with Gasteiger partial charge in [-0.1, -0.05) is 129 Å². The number of methoxy groups -OCH3 is 4. The highest BCUT2D eigenvalue weighted by Crippen LogP contribution is 2.23. The quantitative estimate of drug-likeness (QED) is 0.0265. The summed E-state index contributed by atoms with van der Waals surface area (Å²) in [5, 5.41) is 0. The zero-order chi connectivity index (χ0) is 38.7. The monoisotopic (exact) mass is 743 g/mol. The Bertz CT molecular complexity index is 879. The number of hydrogen-bond donors (Lipinski definition) is 0. The van der Waals surface area contributed by atoms with Gasteiger partial charge in [-0.25, -0.2) is 9.59 Å². The minimum Gasteiger partial charge on any atom is -0.469 e. The van der Waals surface area contributed by atoms with Crippen LogP contribution in [0.2, 0.25) is 0 Å². The van der Waals surface area contributed by atoms with Crippen molar-refractivity contribution >= 4 is 23.9 Å². The Hall–Kier alpha value is -2.20. The molecule has 4 atom stereocenters. The van der Waals surface area contributed by atoms with Crippen LogP contribution in [0.5, 0.6) is 0 Å². The average molecular weight is 743 g/mol. The highest BCUT2D eigenvalue weighted by Gasteiger charge is 2.32. The summed E-state index contributed by atoms with van der Waals surface area (Å²) >= 11 is 0. The Morgan fingerprint density at radius 3 is 0.923 bits per heavy atom. The molecule has 0 bridgehead atoms. The van der Waals surface area contributed by atoms with E-state index in [0.717, 1.165) is 103 Å². The fourth-order valence-electron chi connectivity index (χ4n) is 6.67. The molecule has 0 saturated heterocycles. The maximum absolute atomic E-state index is 13.3. The lowest BCUT2D eigenvalue weighted by atomic mass is 9.99. The van der Waals surface area contributed by atoms with E-state index in [1.807, 2.05) is 0 Å². The molecule has 0 heterocycles. The second-order valence-electron chi connectivity index (χ2n) is 14.3. The van der Waals surface area contributed by atoms with E-state index in [1.54, 1.807) is 14.2 Å². The normalized spacial score (nSPS) is 13.6. The van der Waals surface area contributed by atoms with Crippen LogP contribution in [0.15, 0.2) is 0 Å². The summed E-state index contributed by atoms with van der Waals surface area (Å²) in [7, 11) is 6.10. The largest absolute Gasteiger partial charge is 0.469 e. The standard InChI is InChI=1S/C42H78O10/c1-7-9-11-13-17-23-29-35(47-3)38(32-26-20-16-22-28-34-40(44)50-6)52-42(46)41(45)51-37(31-25-18-14-12-10-8-2)36(48-4)30-24-19-15-21-27-33-39(43)49-5/h35-38H,7-34H2,1-6H3. The molecule has 52 heavy (non-hydrogen) atoms. The van der Waals surface area contributed by atoms with Crippen molar-refractivity contribution in [1.82, 2.24) is 0 Å². The van der Waals surface area contributed by atoms with Crippen LogP contribution in [0, 0.1) is 0 Å². The number of rotatable bonds is 36. The van der Waals surface area contributed by atoms with Crippen LogP contribution in [0.25, 0.3) is 0 Å². The highest BCUT2D eigenvalue weighted by molar-refractivity contribution is 6.29. The molecule has 4 unspecified atom stereocenters. The van der Waals surface area contributed by atoms with Crippen molar-refractivity contribution in [1.29, 1.82) is 0 Å². The minimum atomic E-state index is -0.971. The van der Waals surface area contributed by atoms with Gasteiger partial charge < -0.3 is 28.4 Å². The van der Waals surface area contributed by atoms with Gasteiger partial charge in [0, 0.05) is 27.1 Å². The molecule has 0 aliphatic rings. The molecule has 0 spiro atoms. The number of esters is 4. The summed E-state index contributed by atoms with van der Waals surface area (Å²) in [6.07, 6.45) is 24.4. The first-order chi connectivity index (χ1) is 25.3. The Balaban J connectivity index is 5.40. The van der Waals surface area contributed by atoms with Gasteiger partial charge in [-0.15, -0.1) is 0 Å². The van der Waals surface area contributed by atoms with Crippen LogP contribution in [-0.2, 0) is 47.6 Å². The van der Waals surface area contributed by atoms with Gasteiger partial charge >= 0.3 is 23.9 Å². The fraction of sp³-hybridized carbons (Fsp3) is 0.905. The Morgan fingerprint density at radius 1 is 0.365 bits per heavy atom. The molecule has 0 aliphatic carbocycles. The predicted octanol–water partition coefficient (Wildman–Crippen LogP) is 10.1. The molecule has 0 rings (SSSR count). The molecule has 10 nitrogen and oxygen atoms in total. The van der Waals surface area contributed by atoms with Gasteiger partial charge in [-0.3, -0.25) is 9.59 Å². The first kappa shape index (κ1) is 49.8. The number of carbonyl (C=O) groups is 4. The van der Waals surface area contributed by atoms with E-state index in [9.17, 15) is 19.2 Å². The predicted molar refractivity (Wildman–Crippen MR) is 206 cm³/mol. The van der Waals surface area contributed by atoms with Gasteiger partial charge in [-0.2, -0.15) is 0 Å². The molecule has 0 saturated carbocycles. The van der Waals surface area contributed by atoms with Crippen LogP contribution >= 0.6 is 0 Å². The molecular formula is C42H78O10. The van der Waals surface area contributed by atoms with Crippen LogP contribution in [-0.4, -0.2) is 76.7 Å². The molecular weight excluding hydrogens is 664 g/mol. The third-order valence-electron chi connectivity index (χ3n) is 10.00. The maximum Gasteiger partial charge on any atom is 0.417 e. The summed E-state index contributed by atoms with van der Waals surface area (Å²) in [5.74, 6) is -2.31. The molecule has 0 fully saturated rings. The van der Waals surface area contributed by atoms with Crippen molar-refractivity contribution in [3.05, 3.63) is 0 Å². The molecule has 0 aliphatic heterocycles.